The molecule has 1 fully saturated rings. The lowest BCUT2D eigenvalue weighted by molar-refractivity contribution is -0.00119. The lowest BCUT2D eigenvalue weighted by atomic mass is 9.89. The fraction of sp³-hybridized carbons (Fsp3) is 0.500. The number of nitrogens with zero attached hydrogens (tertiary/aromatic N) is 5. The summed E-state index contributed by atoms with van der Waals surface area (Å²) in [4.78, 5) is 4.62. The van der Waals surface area contributed by atoms with E-state index in [2.05, 4.69) is 20.5 Å². The van der Waals surface area contributed by atoms with Gasteiger partial charge in [-0.2, -0.15) is 4.98 Å². The molecule has 8 nitrogen and oxygen atoms in total. The highest BCUT2D eigenvalue weighted by molar-refractivity contribution is 5.50. The monoisotopic (exact) mass is 381 g/mol. The highest BCUT2D eigenvalue weighted by atomic mass is 16.5. The van der Waals surface area contributed by atoms with Crippen LogP contribution in [-0.4, -0.2) is 32.2 Å². The minimum absolute atomic E-state index is 0.0755. The topological polar surface area (TPSA) is 88.1 Å². The Morgan fingerprint density at radius 1 is 1.11 bits per heavy atom. The molecule has 1 saturated carbocycles. The molecule has 146 valence electrons. The standard InChI is InChI=1S/C20H23N5O3/c1-26-15-9-7-13(8-10-15)17-11-25-16(12-27-17)18(22-24-25)20-21-19(23-28-20)14-5-3-2-4-6-14/h7-10,14,17H,2-6,11-12H2,1H3. The van der Waals surface area contributed by atoms with Gasteiger partial charge in [-0.05, 0) is 30.5 Å². The molecule has 0 bridgehead atoms. The van der Waals surface area contributed by atoms with Crippen LogP contribution >= 0.6 is 0 Å². The van der Waals surface area contributed by atoms with E-state index < -0.39 is 0 Å². The second-order valence-electron chi connectivity index (χ2n) is 7.43. The van der Waals surface area contributed by atoms with Crippen molar-refractivity contribution in [2.24, 2.45) is 0 Å². The molecule has 0 N–H and O–H groups in total. The van der Waals surface area contributed by atoms with Crippen molar-refractivity contribution < 1.29 is 14.0 Å². The molecular formula is C20H23N5O3. The minimum atomic E-state index is -0.0755. The molecule has 0 saturated heterocycles. The number of benzene rings is 1. The summed E-state index contributed by atoms with van der Waals surface area (Å²) in [6.07, 6.45) is 5.95. The summed E-state index contributed by atoms with van der Waals surface area (Å²) in [5.74, 6) is 2.46. The quantitative estimate of drug-likeness (QED) is 0.681. The minimum Gasteiger partial charge on any atom is -0.497 e. The predicted molar refractivity (Wildman–Crippen MR) is 99.7 cm³/mol. The highest BCUT2D eigenvalue weighted by Gasteiger charge is 2.29. The van der Waals surface area contributed by atoms with Crippen molar-refractivity contribution in [1.82, 2.24) is 25.1 Å². The van der Waals surface area contributed by atoms with Gasteiger partial charge in [0.05, 0.1) is 26.0 Å². The van der Waals surface area contributed by atoms with E-state index in [0.717, 1.165) is 35.7 Å². The first-order valence-corrected chi connectivity index (χ1v) is 9.83. The molecule has 1 aliphatic heterocycles. The fourth-order valence-corrected chi connectivity index (χ4v) is 4.06. The summed E-state index contributed by atoms with van der Waals surface area (Å²) >= 11 is 0. The van der Waals surface area contributed by atoms with E-state index in [1.54, 1.807) is 7.11 Å². The molecule has 8 heteroatoms. The van der Waals surface area contributed by atoms with Gasteiger partial charge in [-0.1, -0.05) is 41.8 Å². The van der Waals surface area contributed by atoms with Gasteiger partial charge >= 0.3 is 0 Å². The maximum atomic E-state index is 6.08. The fourth-order valence-electron chi connectivity index (χ4n) is 4.06. The van der Waals surface area contributed by atoms with Crippen LogP contribution in [-0.2, 0) is 17.9 Å². The average molecular weight is 381 g/mol. The van der Waals surface area contributed by atoms with Crippen LogP contribution in [0, 0.1) is 0 Å². The smallest absolute Gasteiger partial charge is 0.280 e. The molecule has 2 aliphatic rings. The molecule has 3 aromatic rings. The Kier molecular flexibility index (Phi) is 4.56. The molecule has 5 rings (SSSR count). The average Bonchev–Trinajstić information content (AvgIpc) is 3.41. The number of ether oxygens (including phenoxy) is 2. The molecule has 1 aromatic carbocycles. The lowest BCUT2D eigenvalue weighted by Gasteiger charge is -2.24. The van der Waals surface area contributed by atoms with E-state index in [0.29, 0.717) is 30.7 Å². The Morgan fingerprint density at radius 3 is 2.71 bits per heavy atom. The third-order valence-corrected chi connectivity index (χ3v) is 5.70. The first-order valence-electron chi connectivity index (χ1n) is 9.83. The van der Waals surface area contributed by atoms with Crippen molar-refractivity contribution in [2.75, 3.05) is 7.11 Å². The van der Waals surface area contributed by atoms with Crippen molar-refractivity contribution >= 4 is 0 Å². The normalized spacial score (nSPS) is 20.1. The van der Waals surface area contributed by atoms with Gasteiger partial charge in [-0.25, -0.2) is 4.68 Å². The van der Waals surface area contributed by atoms with Crippen molar-refractivity contribution in [1.29, 1.82) is 0 Å². The van der Waals surface area contributed by atoms with E-state index in [1.807, 2.05) is 28.9 Å². The van der Waals surface area contributed by atoms with Crippen LogP contribution in [0.2, 0.25) is 0 Å². The zero-order valence-corrected chi connectivity index (χ0v) is 15.9. The van der Waals surface area contributed by atoms with E-state index in [-0.39, 0.29) is 6.10 Å². The summed E-state index contributed by atoms with van der Waals surface area (Å²) in [5, 5.41) is 12.8. The number of aromatic nitrogens is 5. The lowest BCUT2D eigenvalue weighted by Crippen LogP contribution is -2.22. The maximum Gasteiger partial charge on any atom is 0.280 e. The molecular weight excluding hydrogens is 358 g/mol. The van der Waals surface area contributed by atoms with Crippen LogP contribution in [0.4, 0.5) is 0 Å². The maximum absolute atomic E-state index is 6.08. The van der Waals surface area contributed by atoms with Gasteiger partial charge in [-0.3, -0.25) is 0 Å². The van der Waals surface area contributed by atoms with Gasteiger partial charge in [0.15, 0.2) is 11.5 Å². The van der Waals surface area contributed by atoms with Crippen molar-refractivity contribution in [3.8, 4) is 17.3 Å². The van der Waals surface area contributed by atoms with Gasteiger partial charge in [0.1, 0.15) is 11.9 Å². The van der Waals surface area contributed by atoms with Crippen LogP contribution in [0.3, 0.4) is 0 Å². The zero-order valence-electron chi connectivity index (χ0n) is 15.9. The zero-order chi connectivity index (χ0) is 18.9. The second-order valence-corrected chi connectivity index (χ2v) is 7.43. The Hall–Kier alpha value is -2.74. The van der Waals surface area contributed by atoms with Gasteiger partial charge in [0.2, 0.25) is 0 Å². The molecule has 0 radical (unpaired) electrons. The van der Waals surface area contributed by atoms with Crippen LogP contribution in [0.1, 0.15) is 61.2 Å². The van der Waals surface area contributed by atoms with Gasteiger partial charge in [0.25, 0.3) is 5.89 Å². The molecule has 1 unspecified atom stereocenters. The second kappa shape index (κ2) is 7.35. The molecule has 0 amide bonds. The van der Waals surface area contributed by atoms with Crippen molar-refractivity contribution in [2.45, 2.75) is 57.3 Å². The predicted octanol–water partition coefficient (Wildman–Crippen LogP) is 3.66. The summed E-state index contributed by atoms with van der Waals surface area (Å²) in [7, 11) is 1.66. The van der Waals surface area contributed by atoms with Crippen LogP contribution in [0.15, 0.2) is 28.8 Å². The molecule has 1 atom stereocenters. The molecule has 28 heavy (non-hydrogen) atoms. The number of methoxy groups -OCH3 is 1. The van der Waals surface area contributed by atoms with Crippen molar-refractivity contribution in [3.63, 3.8) is 0 Å². The third kappa shape index (κ3) is 3.17. The number of hydrogen-bond donors (Lipinski definition) is 0. The van der Waals surface area contributed by atoms with Gasteiger partial charge < -0.3 is 14.0 Å². The SMILES string of the molecule is COc1ccc(C2Cn3nnc(-c4nc(C5CCCCC5)no4)c3CO2)cc1. The van der Waals surface area contributed by atoms with E-state index in [4.69, 9.17) is 14.0 Å². The number of hydrogen-bond acceptors (Lipinski definition) is 7. The van der Waals surface area contributed by atoms with Crippen LogP contribution < -0.4 is 4.74 Å². The molecule has 1 aliphatic carbocycles. The third-order valence-electron chi connectivity index (χ3n) is 5.70. The summed E-state index contributed by atoms with van der Waals surface area (Å²) in [5.41, 5.74) is 2.59. The van der Waals surface area contributed by atoms with E-state index in [9.17, 15) is 0 Å². The Bertz CT molecular complexity index is 943. The van der Waals surface area contributed by atoms with Gasteiger partial charge in [-0.15, -0.1) is 5.10 Å². The van der Waals surface area contributed by atoms with Crippen LogP contribution in [0.25, 0.3) is 11.6 Å². The molecule has 0 spiro atoms. The Morgan fingerprint density at radius 2 is 1.93 bits per heavy atom. The van der Waals surface area contributed by atoms with E-state index in [1.165, 1.54) is 19.3 Å². The Labute approximate surface area is 162 Å². The first-order chi connectivity index (χ1) is 13.8. The summed E-state index contributed by atoms with van der Waals surface area (Å²) < 4.78 is 18.7. The summed E-state index contributed by atoms with van der Waals surface area (Å²) in [6.45, 7) is 0.998. The Balaban J connectivity index is 1.35. The first kappa shape index (κ1) is 17.4. The molecule has 2 aromatic heterocycles. The van der Waals surface area contributed by atoms with Gasteiger partial charge in [0, 0.05) is 5.92 Å². The number of rotatable bonds is 4. The van der Waals surface area contributed by atoms with E-state index >= 15 is 0 Å². The summed E-state index contributed by atoms with van der Waals surface area (Å²) in [6, 6.07) is 7.90. The number of fused-ring (bicyclic) bond motifs is 1. The van der Waals surface area contributed by atoms with Crippen LogP contribution in [0.5, 0.6) is 5.75 Å². The largest absolute Gasteiger partial charge is 0.497 e. The highest BCUT2D eigenvalue weighted by Crippen LogP contribution is 2.34. The molecule has 3 heterocycles. The van der Waals surface area contributed by atoms with Crippen molar-refractivity contribution in [3.05, 3.63) is 41.3 Å².